The van der Waals surface area contributed by atoms with E-state index in [2.05, 4.69) is 56.2 Å². The highest BCUT2D eigenvalue weighted by Crippen LogP contribution is 2.24. The molecule has 0 saturated heterocycles. The van der Waals surface area contributed by atoms with Crippen molar-refractivity contribution in [1.82, 2.24) is 29.7 Å². The maximum Gasteiger partial charge on any atom is 0.192 e. The highest BCUT2D eigenvalue weighted by molar-refractivity contribution is 8.00. The molecule has 1 aromatic heterocycles. The van der Waals surface area contributed by atoms with Crippen LogP contribution >= 0.6 is 35.3 Å². The van der Waals surface area contributed by atoms with E-state index in [-0.39, 0.29) is 0 Å². The highest BCUT2D eigenvalue weighted by atomic mass is 32.2. The first-order chi connectivity index (χ1) is 16.1. The van der Waals surface area contributed by atoms with Gasteiger partial charge in [-0.3, -0.25) is 0 Å². The van der Waals surface area contributed by atoms with Crippen LogP contribution in [0.15, 0.2) is 15.5 Å². The lowest BCUT2D eigenvalue weighted by Crippen LogP contribution is -2.24. The lowest BCUT2D eigenvalue weighted by molar-refractivity contribution is 0.305. The molecular weight excluding hydrogens is 469 g/mol. The summed E-state index contributed by atoms with van der Waals surface area (Å²) in [5.74, 6) is 3.16. The van der Waals surface area contributed by atoms with E-state index < -0.39 is 0 Å². The summed E-state index contributed by atoms with van der Waals surface area (Å²) in [7, 11) is 0. The average Bonchev–Trinajstić information content (AvgIpc) is 2.84. The van der Waals surface area contributed by atoms with Gasteiger partial charge in [-0.2, -0.15) is 15.0 Å². The number of nitrogens with zero attached hydrogens (tertiary/aromatic N) is 6. The van der Waals surface area contributed by atoms with Crippen molar-refractivity contribution in [1.29, 1.82) is 0 Å². The molecule has 0 amide bonds. The molecule has 9 heteroatoms. The normalized spacial score (nSPS) is 11.9. The summed E-state index contributed by atoms with van der Waals surface area (Å²) in [4.78, 5) is 21.8. The molecule has 0 N–H and O–H groups in total. The van der Waals surface area contributed by atoms with E-state index in [1.807, 2.05) is 0 Å². The summed E-state index contributed by atoms with van der Waals surface area (Å²) in [5.41, 5.74) is 0. The lowest BCUT2D eigenvalue weighted by atomic mass is 10.4. The second-order valence-corrected chi connectivity index (χ2v) is 11.1. The van der Waals surface area contributed by atoms with Crippen molar-refractivity contribution in [2.24, 2.45) is 0 Å². The van der Waals surface area contributed by atoms with Crippen LogP contribution in [0.2, 0.25) is 0 Å². The second kappa shape index (κ2) is 20.2. The van der Waals surface area contributed by atoms with Gasteiger partial charge in [-0.25, -0.2) is 0 Å². The van der Waals surface area contributed by atoms with E-state index in [1.54, 1.807) is 35.3 Å². The molecule has 0 saturated carbocycles. The van der Waals surface area contributed by atoms with Crippen LogP contribution < -0.4 is 0 Å². The summed E-state index contributed by atoms with van der Waals surface area (Å²) in [5, 5.41) is 2.67. The summed E-state index contributed by atoms with van der Waals surface area (Å²) in [6.45, 7) is 23.5. The molecule has 0 unspecified atom stereocenters. The Balaban J connectivity index is 2.64. The van der Waals surface area contributed by atoms with Crippen LogP contribution in [0.5, 0.6) is 0 Å². The predicted octanol–water partition coefficient (Wildman–Crippen LogP) is 5.34. The Morgan fingerprint density at radius 2 is 0.697 bits per heavy atom. The molecule has 1 rings (SSSR count). The number of rotatable bonds is 21. The molecular formula is C24H48N6S3. The maximum absolute atomic E-state index is 4.79. The van der Waals surface area contributed by atoms with Crippen molar-refractivity contribution in [3.8, 4) is 0 Å². The van der Waals surface area contributed by atoms with Gasteiger partial charge in [-0.1, -0.05) is 76.8 Å². The Bertz CT molecular complexity index is 502. The average molecular weight is 517 g/mol. The summed E-state index contributed by atoms with van der Waals surface area (Å²) >= 11 is 5.35. The largest absolute Gasteiger partial charge is 0.304 e. The van der Waals surface area contributed by atoms with Gasteiger partial charge in [0, 0.05) is 17.3 Å². The van der Waals surface area contributed by atoms with Gasteiger partial charge in [-0.05, 0) is 78.2 Å². The van der Waals surface area contributed by atoms with Crippen molar-refractivity contribution >= 4 is 35.3 Å². The third-order valence-electron chi connectivity index (χ3n) is 5.81. The smallest absolute Gasteiger partial charge is 0.192 e. The first-order valence-corrected chi connectivity index (χ1v) is 15.9. The monoisotopic (exact) mass is 516 g/mol. The third kappa shape index (κ3) is 14.2. The van der Waals surface area contributed by atoms with Crippen molar-refractivity contribution in [2.75, 3.05) is 76.2 Å². The molecule has 0 aliphatic carbocycles. The SMILES string of the molecule is CCN(CC)CCCSc1nc(SCCCN(CC)CC)nc(SCCCN(CC)CC)n1. The molecule has 192 valence electrons. The van der Waals surface area contributed by atoms with E-state index in [0.29, 0.717) is 0 Å². The topological polar surface area (TPSA) is 48.4 Å². The Kier molecular flexibility index (Phi) is 18.9. The summed E-state index contributed by atoms with van der Waals surface area (Å²) in [6.07, 6.45) is 3.49. The van der Waals surface area contributed by atoms with E-state index in [0.717, 1.165) is 111 Å². The van der Waals surface area contributed by atoms with Crippen molar-refractivity contribution < 1.29 is 0 Å². The van der Waals surface area contributed by atoms with Crippen LogP contribution in [0.25, 0.3) is 0 Å². The molecule has 0 fully saturated rings. The molecule has 0 spiro atoms. The van der Waals surface area contributed by atoms with Gasteiger partial charge in [0.1, 0.15) is 0 Å². The molecule has 33 heavy (non-hydrogen) atoms. The van der Waals surface area contributed by atoms with E-state index in [4.69, 9.17) is 15.0 Å². The predicted molar refractivity (Wildman–Crippen MR) is 149 cm³/mol. The number of hydrogen-bond donors (Lipinski definition) is 0. The molecule has 0 aliphatic heterocycles. The fourth-order valence-electron chi connectivity index (χ4n) is 3.49. The Hall–Kier alpha value is -0.0600. The first kappa shape index (κ1) is 31.0. The summed E-state index contributed by atoms with van der Waals surface area (Å²) in [6, 6.07) is 0. The summed E-state index contributed by atoms with van der Waals surface area (Å²) < 4.78 is 0. The van der Waals surface area contributed by atoms with Gasteiger partial charge in [0.25, 0.3) is 0 Å². The maximum atomic E-state index is 4.79. The van der Waals surface area contributed by atoms with Crippen LogP contribution in [0, 0.1) is 0 Å². The van der Waals surface area contributed by atoms with Gasteiger partial charge in [0.05, 0.1) is 0 Å². The van der Waals surface area contributed by atoms with Gasteiger partial charge in [-0.15, -0.1) is 0 Å². The molecule has 6 nitrogen and oxygen atoms in total. The zero-order chi connectivity index (χ0) is 24.3. The Labute approximate surface area is 216 Å². The van der Waals surface area contributed by atoms with Crippen molar-refractivity contribution in [3.63, 3.8) is 0 Å². The van der Waals surface area contributed by atoms with Crippen molar-refractivity contribution in [2.45, 2.75) is 76.3 Å². The fraction of sp³-hybridized carbons (Fsp3) is 0.875. The van der Waals surface area contributed by atoms with Crippen LogP contribution in [0.1, 0.15) is 60.8 Å². The fourth-order valence-corrected chi connectivity index (χ4v) is 5.94. The Morgan fingerprint density at radius 1 is 0.455 bits per heavy atom. The zero-order valence-corrected chi connectivity index (χ0v) is 24.5. The molecule has 0 bridgehead atoms. The lowest BCUT2D eigenvalue weighted by Gasteiger charge is -2.17. The number of aromatic nitrogens is 3. The standard InChI is InChI=1S/C24H48N6S3/c1-7-28(8-2)16-13-19-31-22-25-23(32-20-14-17-29(9-3)10-4)27-24(26-22)33-21-15-18-30(11-5)12-6/h7-21H2,1-6H3. The minimum atomic E-state index is 0.891. The van der Waals surface area contributed by atoms with Crippen LogP contribution in [-0.2, 0) is 0 Å². The second-order valence-electron chi connectivity index (χ2n) is 7.87. The van der Waals surface area contributed by atoms with Crippen LogP contribution in [0.4, 0.5) is 0 Å². The van der Waals surface area contributed by atoms with Gasteiger partial charge in [0.15, 0.2) is 15.5 Å². The number of thioether (sulfide) groups is 3. The Morgan fingerprint density at radius 3 is 0.909 bits per heavy atom. The van der Waals surface area contributed by atoms with Gasteiger partial charge >= 0.3 is 0 Å². The van der Waals surface area contributed by atoms with Crippen LogP contribution in [0.3, 0.4) is 0 Å². The van der Waals surface area contributed by atoms with E-state index in [9.17, 15) is 0 Å². The molecule has 0 atom stereocenters. The van der Waals surface area contributed by atoms with E-state index in [1.165, 1.54) is 0 Å². The minimum Gasteiger partial charge on any atom is -0.304 e. The van der Waals surface area contributed by atoms with E-state index >= 15 is 0 Å². The van der Waals surface area contributed by atoms with Crippen LogP contribution in [-0.4, -0.2) is 106 Å². The molecule has 0 aliphatic rings. The third-order valence-corrected chi connectivity index (χ3v) is 8.61. The molecule has 1 heterocycles. The van der Waals surface area contributed by atoms with Crippen molar-refractivity contribution in [3.05, 3.63) is 0 Å². The molecule has 0 aromatic carbocycles. The van der Waals surface area contributed by atoms with Gasteiger partial charge in [0.2, 0.25) is 0 Å². The molecule has 0 radical (unpaired) electrons. The molecule has 1 aromatic rings. The zero-order valence-electron chi connectivity index (χ0n) is 22.0. The quantitative estimate of drug-likeness (QED) is 0.159. The number of hydrogen-bond acceptors (Lipinski definition) is 9. The highest BCUT2D eigenvalue weighted by Gasteiger charge is 2.10. The minimum absolute atomic E-state index is 0.891. The van der Waals surface area contributed by atoms with Gasteiger partial charge < -0.3 is 14.7 Å². The first-order valence-electron chi connectivity index (χ1n) is 12.9.